The maximum absolute atomic E-state index is 12.4. The third kappa shape index (κ3) is 2.81. The molecule has 1 aliphatic heterocycles. The minimum atomic E-state index is -4.41. The van der Waals surface area contributed by atoms with Crippen LogP contribution < -0.4 is 21.5 Å². The Balaban J connectivity index is 0.000000956. The van der Waals surface area contributed by atoms with Crippen molar-refractivity contribution in [3.05, 3.63) is 20.8 Å². The van der Waals surface area contributed by atoms with Crippen LogP contribution in [0.5, 0.6) is 0 Å². The number of hydrogen-bond donors (Lipinski definition) is 1. The molecule has 2 heterocycles. The van der Waals surface area contributed by atoms with E-state index in [0.717, 1.165) is 14.0 Å². The van der Waals surface area contributed by atoms with E-state index >= 15 is 0 Å². The molecule has 0 amide bonds. The van der Waals surface area contributed by atoms with Gasteiger partial charge in [-0.1, -0.05) is 13.8 Å². The number of fused-ring (bicyclic) bond motifs is 1. The average molecular weight is 294 g/mol. The van der Waals surface area contributed by atoms with Gasteiger partial charge in [0.1, 0.15) is 18.1 Å². The summed E-state index contributed by atoms with van der Waals surface area (Å²) in [5, 5.41) is 2.63. The lowest BCUT2D eigenvalue weighted by atomic mass is 10.4. The van der Waals surface area contributed by atoms with Crippen molar-refractivity contribution < 1.29 is 13.2 Å². The quantitative estimate of drug-likeness (QED) is 0.834. The lowest BCUT2D eigenvalue weighted by Crippen LogP contribution is -2.41. The van der Waals surface area contributed by atoms with Crippen LogP contribution in [0, 0.1) is 0 Å². The van der Waals surface area contributed by atoms with E-state index in [1.165, 1.54) is 14.1 Å². The third-order valence-electron chi connectivity index (χ3n) is 2.76. The van der Waals surface area contributed by atoms with Crippen LogP contribution in [-0.2, 0) is 14.1 Å². The zero-order valence-corrected chi connectivity index (χ0v) is 11.7. The molecule has 0 bridgehead atoms. The number of aromatic nitrogens is 2. The summed E-state index contributed by atoms with van der Waals surface area (Å²) < 4.78 is 39.0. The second-order valence-electron chi connectivity index (χ2n) is 4.05. The van der Waals surface area contributed by atoms with Gasteiger partial charge in [0.15, 0.2) is 0 Å². The summed E-state index contributed by atoms with van der Waals surface area (Å²) in [5.74, 6) is 0.118. The Labute approximate surface area is 113 Å². The van der Waals surface area contributed by atoms with E-state index in [2.05, 4.69) is 5.32 Å². The summed E-state index contributed by atoms with van der Waals surface area (Å²) >= 11 is 0. The van der Waals surface area contributed by atoms with Gasteiger partial charge in [0.05, 0.1) is 6.67 Å². The van der Waals surface area contributed by atoms with Crippen LogP contribution in [0.1, 0.15) is 13.8 Å². The summed E-state index contributed by atoms with van der Waals surface area (Å²) in [6.07, 6.45) is -4.41. The normalized spacial score (nSPS) is 13.4. The number of anilines is 2. The first-order chi connectivity index (χ1) is 9.22. The lowest BCUT2D eigenvalue weighted by Gasteiger charge is -2.19. The fraction of sp³-hybridized carbons (Fsp3) is 0.636. The number of alkyl halides is 3. The summed E-state index contributed by atoms with van der Waals surface area (Å²) in [5.41, 5.74) is -1.45. The molecular weight excluding hydrogens is 277 g/mol. The molecule has 1 aromatic rings. The van der Waals surface area contributed by atoms with Gasteiger partial charge in [0.25, 0.3) is 5.56 Å². The van der Waals surface area contributed by atoms with Crippen LogP contribution in [0.4, 0.5) is 24.7 Å². The van der Waals surface area contributed by atoms with Gasteiger partial charge < -0.3 is 10.2 Å². The van der Waals surface area contributed by atoms with Crippen molar-refractivity contribution in [2.45, 2.75) is 20.0 Å². The predicted octanol–water partition coefficient (Wildman–Crippen LogP) is 0.862. The van der Waals surface area contributed by atoms with E-state index in [1.54, 1.807) is 0 Å². The van der Waals surface area contributed by atoms with Crippen LogP contribution in [0.2, 0.25) is 0 Å². The summed E-state index contributed by atoms with van der Waals surface area (Å²) in [6.45, 7) is 2.61. The summed E-state index contributed by atoms with van der Waals surface area (Å²) in [6, 6.07) is 0. The minimum absolute atomic E-state index is 0.118. The van der Waals surface area contributed by atoms with Crippen molar-refractivity contribution in [2.75, 3.05) is 23.4 Å². The molecule has 0 unspecified atom stereocenters. The molecule has 1 aliphatic rings. The largest absolute Gasteiger partial charge is 0.405 e. The molecule has 6 nitrogen and oxygen atoms in total. The van der Waals surface area contributed by atoms with Crippen molar-refractivity contribution in [3.63, 3.8) is 0 Å². The van der Waals surface area contributed by atoms with Crippen molar-refractivity contribution in [1.82, 2.24) is 9.13 Å². The topological polar surface area (TPSA) is 59.3 Å². The molecule has 1 N–H and O–H groups in total. The lowest BCUT2D eigenvalue weighted by molar-refractivity contribution is -0.119. The van der Waals surface area contributed by atoms with Crippen LogP contribution in [0.25, 0.3) is 0 Å². The molecule has 0 aliphatic carbocycles. The van der Waals surface area contributed by atoms with E-state index in [-0.39, 0.29) is 18.2 Å². The second kappa shape index (κ2) is 5.59. The maximum Gasteiger partial charge on any atom is 0.405 e. The Morgan fingerprint density at radius 2 is 1.70 bits per heavy atom. The molecule has 9 heteroatoms. The first-order valence-electron chi connectivity index (χ1n) is 6.08. The van der Waals surface area contributed by atoms with Gasteiger partial charge in [-0.05, 0) is 0 Å². The Morgan fingerprint density at radius 1 is 1.15 bits per heavy atom. The zero-order valence-electron chi connectivity index (χ0n) is 11.7. The zero-order chi connectivity index (χ0) is 15.7. The monoisotopic (exact) mass is 294 g/mol. The second-order valence-corrected chi connectivity index (χ2v) is 4.05. The molecule has 0 atom stereocenters. The molecule has 1 aromatic heterocycles. The molecule has 2 rings (SSSR count). The molecule has 0 fully saturated rings. The van der Waals surface area contributed by atoms with Crippen LogP contribution in [0.3, 0.4) is 0 Å². The van der Waals surface area contributed by atoms with Crippen molar-refractivity contribution in [2.24, 2.45) is 14.1 Å². The Morgan fingerprint density at radius 3 is 2.20 bits per heavy atom. The summed E-state index contributed by atoms with van der Waals surface area (Å²) in [4.78, 5) is 24.3. The standard InChI is InChI=1S/C9H11F3N4O2.C2H6/c1-14-6-5(7(17)15(2)8(14)18)16(4-13-6)3-9(10,11)12;1-2/h13H,3-4H2,1-2H3;1-2H3. The molecule has 20 heavy (non-hydrogen) atoms. The van der Waals surface area contributed by atoms with Crippen LogP contribution in [-0.4, -0.2) is 28.5 Å². The van der Waals surface area contributed by atoms with Gasteiger partial charge in [-0.3, -0.25) is 13.9 Å². The molecule has 0 saturated carbocycles. The highest BCUT2D eigenvalue weighted by Crippen LogP contribution is 2.28. The molecule has 0 radical (unpaired) electrons. The fourth-order valence-electron chi connectivity index (χ4n) is 1.91. The smallest absolute Gasteiger partial charge is 0.352 e. The van der Waals surface area contributed by atoms with Gasteiger partial charge >= 0.3 is 11.9 Å². The maximum atomic E-state index is 12.4. The number of hydrogen-bond acceptors (Lipinski definition) is 4. The van der Waals surface area contributed by atoms with Crippen molar-refractivity contribution in [3.8, 4) is 0 Å². The highest BCUT2D eigenvalue weighted by molar-refractivity contribution is 5.70. The molecule has 0 saturated heterocycles. The van der Waals surface area contributed by atoms with Crippen LogP contribution in [0.15, 0.2) is 9.59 Å². The highest BCUT2D eigenvalue weighted by Gasteiger charge is 2.36. The van der Waals surface area contributed by atoms with Gasteiger partial charge in [-0.2, -0.15) is 13.2 Å². The molecular formula is C11H17F3N4O2. The third-order valence-corrected chi connectivity index (χ3v) is 2.76. The Hall–Kier alpha value is -1.93. The van der Waals surface area contributed by atoms with E-state index < -0.39 is 24.0 Å². The number of halogens is 3. The Kier molecular flexibility index (Phi) is 4.51. The number of nitrogens with one attached hydrogen (secondary N) is 1. The minimum Gasteiger partial charge on any atom is -0.352 e. The first kappa shape index (κ1) is 16.1. The predicted molar refractivity (Wildman–Crippen MR) is 70.2 cm³/mol. The van der Waals surface area contributed by atoms with Gasteiger partial charge in [0, 0.05) is 14.1 Å². The fourth-order valence-corrected chi connectivity index (χ4v) is 1.91. The molecule has 0 aromatic carbocycles. The van der Waals surface area contributed by atoms with Gasteiger partial charge in [-0.25, -0.2) is 4.79 Å². The SMILES string of the molecule is CC.Cn1c2c(c(=O)n(C)c1=O)N(CC(F)(F)F)CN2. The summed E-state index contributed by atoms with van der Waals surface area (Å²) in [7, 11) is 2.62. The number of nitrogens with zero attached hydrogens (tertiary/aromatic N) is 3. The number of rotatable bonds is 1. The van der Waals surface area contributed by atoms with Crippen LogP contribution >= 0.6 is 0 Å². The van der Waals surface area contributed by atoms with E-state index in [0.29, 0.717) is 0 Å². The first-order valence-corrected chi connectivity index (χ1v) is 6.08. The van der Waals surface area contributed by atoms with Crippen molar-refractivity contribution in [1.29, 1.82) is 0 Å². The van der Waals surface area contributed by atoms with Gasteiger partial charge in [0.2, 0.25) is 0 Å². The Bertz CT molecular complexity index is 603. The van der Waals surface area contributed by atoms with Gasteiger partial charge in [-0.15, -0.1) is 0 Å². The van der Waals surface area contributed by atoms with E-state index in [4.69, 9.17) is 0 Å². The van der Waals surface area contributed by atoms with E-state index in [9.17, 15) is 22.8 Å². The highest BCUT2D eigenvalue weighted by atomic mass is 19.4. The molecule has 114 valence electrons. The molecule has 0 spiro atoms. The van der Waals surface area contributed by atoms with Crippen molar-refractivity contribution >= 4 is 11.5 Å². The average Bonchev–Trinajstić information content (AvgIpc) is 2.78. The van der Waals surface area contributed by atoms with E-state index in [1.807, 2.05) is 13.8 Å².